The summed E-state index contributed by atoms with van der Waals surface area (Å²) in [6.07, 6.45) is -2.96. The van der Waals surface area contributed by atoms with Crippen LogP contribution in [0.2, 0.25) is 0 Å². The largest absolute Gasteiger partial charge is 0.419 e. The molecule has 4 heterocycles. The van der Waals surface area contributed by atoms with Gasteiger partial charge in [0, 0.05) is 43.2 Å². The van der Waals surface area contributed by atoms with Gasteiger partial charge in [-0.25, -0.2) is 9.97 Å². The van der Waals surface area contributed by atoms with Crippen molar-refractivity contribution in [2.24, 2.45) is 0 Å². The molecule has 2 aliphatic heterocycles. The van der Waals surface area contributed by atoms with E-state index < -0.39 is 23.5 Å². The normalized spacial score (nSPS) is 17.8. The molecule has 0 radical (unpaired) electrons. The Hall–Kier alpha value is -3.87. The van der Waals surface area contributed by atoms with Crippen molar-refractivity contribution in [2.75, 3.05) is 34.8 Å². The Labute approximate surface area is 219 Å². The van der Waals surface area contributed by atoms with E-state index in [-0.39, 0.29) is 37.3 Å². The van der Waals surface area contributed by atoms with Crippen molar-refractivity contribution in [3.8, 4) is 0 Å². The van der Waals surface area contributed by atoms with Crippen LogP contribution < -0.4 is 15.1 Å². The second kappa shape index (κ2) is 10.4. The number of aliphatic hydroxyl groups excluding tert-OH is 1. The van der Waals surface area contributed by atoms with Gasteiger partial charge in [0.1, 0.15) is 11.6 Å². The molecular formula is C26H24F6N6O. The van der Waals surface area contributed by atoms with E-state index in [4.69, 9.17) is 4.98 Å². The molecule has 13 heteroatoms. The quantitative estimate of drug-likeness (QED) is 0.398. The van der Waals surface area contributed by atoms with Crippen LogP contribution in [-0.4, -0.2) is 45.8 Å². The number of halogens is 6. The minimum absolute atomic E-state index is 0.102. The van der Waals surface area contributed by atoms with E-state index in [9.17, 15) is 31.4 Å². The van der Waals surface area contributed by atoms with Gasteiger partial charge in [-0.2, -0.15) is 31.3 Å². The van der Waals surface area contributed by atoms with Crippen LogP contribution >= 0.6 is 0 Å². The van der Waals surface area contributed by atoms with E-state index >= 15 is 0 Å². The molecule has 1 unspecified atom stereocenters. The van der Waals surface area contributed by atoms with Gasteiger partial charge in [-0.05, 0) is 55.3 Å². The van der Waals surface area contributed by atoms with E-state index in [1.807, 2.05) is 4.90 Å². The van der Waals surface area contributed by atoms with Crippen LogP contribution in [-0.2, 0) is 18.8 Å². The molecule has 0 spiro atoms. The molecule has 0 bridgehead atoms. The van der Waals surface area contributed by atoms with Gasteiger partial charge in [0.15, 0.2) is 0 Å². The number of anilines is 4. The van der Waals surface area contributed by atoms with E-state index in [2.05, 4.69) is 15.3 Å². The molecule has 2 aromatic heterocycles. The topological polar surface area (TPSA) is 77.4 Å². The van der Waals surface area contributed by atoms with Crippen LogP contribution in [0.1, 0.15) is 35.2 Å². The van der Waals surface area contributed by atoms with E-state index in [1.54, 1.807) is 6.08 Å². The van der Waals surface area contributed by atoms with Gasteiger partial charge in [0.05, 0.1) is 29.5 Å². The number of nitrogens with zero attached hydrogens (tertiary/aromatic N) is 5. The number of rotatable bonds is 5. The standard InChI is InChI=1S/C26H24F6N6O/c27-25(28,29)16-5-7-17(8-6-16)34-22-19-9-13-37(23-20(26(30,31)32)4-1-11-33-23)14-10-21(19)35-24(36-22)38-12-2-3-18(38)15-39/h1,4-9,11,13,18,39H,2-3,10,12,14-15H2,(H,34,35,36). The average Bonchev–Trinajstić information content (AvgIpc) is 3.27. The summed E-state index contributed by atoms with van der Waals surface area (Å²) in [5.74, 6) is 0.364. The highest BCUT2D eigenvalue weighted by Gasteiger charge is 2.36. The molecule has 1 saturated heterocycles. The monoisotopic (exact) mass is 550 g/mol. The van der Waals surface area contributed by atoms with E-state index in [0.29, 0.717) is 29.4 Å². The molecule has 5 rings (SSSR count). The Morgan fingerprint density at radius 3 is 2.44 bits per heavy atom. The maximum Gasteiger partial charge on any atom is 0.419 e. The van der Waals surface area contributed by atoms with Gasteiger partial charge in [-0.15, -0.1) is 0 Å². The lowest BCUT2D eigenvalue weighted by atomic mass is 10.1. The Kier molecular flexibility index (Phi) is 7.10. The highest BCUT2D eigenvalue weighted by molar-refractivity contribution is 5.74. The summed E-state index contributed by atoms with van der Waals surface area (Å²) >= 11 is 0. The van der Waals surface area contributed by atoms with Gasteiger partial charge in [-0.1, -0.05) is 0 Å². The third-order valence-corrected chi connectivity index (χ3v) is 6.71. The number of benzene rings is 1. The number of hydrogen-bond acceptors (Lipinski definition) is 7. The lowest BCUT2D eigenvalue weighted by Crippen LogP contribution is -2.34. The number of aliphatic hydroxyl groups is 1. The van der Waals surface area contributed by atoms with Crippen molar-refractivity contribution in [1.29, 1.82) is 0 Å². The first-order chi connectivity index (χ1) is 18.5. The third kappa shape index (κ3) is 5.63. The average molecular weight is 551 g/mol. The molecule has 0 amide bonds. The second-order valence-corrected chi connectivity index (χ2v) is 9.24. The summed E-state index contributed by atoms with van der Waals surface area (Å²) in [6.45, 7) is 0.646. The van der Waals surface area contributed by atoms with Crippen LogP contribution in [0.15, 0.2) is 48.8 Å². The Morgan fingerprint density at radius 1 is 0.974 bits per heavy atom. The van der Waals surface area contributed by atoms with Gasteiger partial charge in [0.2, 0.25) is 5.95 Å². The molecule has 2 N–H and O–H groups in total. The van der Waals surface area contributed by atoms with E-state index in [0.717, 1.165) is 31.0 Å². The Morgan fingerprint density at radius 2 is 1.74 bits per heavy atom. The van der Waals surface area contributed by atoms with Crippen molar-refractivity contribution in [2.45, 2.75) is 37.7 Å². The van der Waals surface area contributed by atoms with Gasteiger partial charge in [0.25, 0.3) is 0 Å². The fourth-order valence-corrected chi connectivity index (χ4v) is 4.75. The van der Waals surface area contributed by atoms with Crippen molar-refractivity contribution >= 4 is 29.3 Å². The zero-order valence-electron chi connectivity index (χ0n) is 20.5. The van der Waals surface area contributed by atoms with Crippen molar-refractivity contribution in [3.05, 3.63) is 71.2 Å². The van der Waals surface area contributed by atoms with Crippen LogP contribution in [0.3, 0.4) is 0 Å². The minimum atomic E-state index is -4.60. The summed E-state index contributed by atoms with van der Waals surface area (Å²) in [4.78, 5) is 16.6. The minimum Gasteiger partial charge on any atom is -0.394 e. The lowest BCUT2D eigenvalue weighted by molar-refractivity contribution is -0.138. The van der Waals surface area contributed by atoms with E-state index in [1.165, 1.54) is 35.5 Å². The highest BCUT2D eigenvalue weighted by atomic mass is 19.4. The van der Waals surface area contributed by atoms with Crippen LogP contribution in [0.5, 0.6) is 0 Å². The number of fused-ring (bicyclic) bond motifs is 1. The summed E-state index contributed by atoms with van der Waals surface area (Å²) in [6, 6.07) is 6.44. The summed E-state index contributed by atoms with van der Waals surface area (Å²) in [7, 11) is 0. The molecule has 1 atom stereocenters. The fraction of sp³-hybridized carbons (Fsp3) is 0.346. The molecule has 1 aromatic carbocycles. The molecule has 1 fully saturated rings. The van der Waals surface area contributed by atoms with Crippen LogP contribution in [0, 0.1) is 0 Å². The number of pyridine rings is 1. The number of aromatic nitrogens is 3. The first-order valence-electron chi connectivity index (χ1n) is 12.2. The molecular weight excluding hydrogens is 526 g/mol. The molecule has 3 aromatic rings. The fourth-order valence-electron chi connectivity index (χ4n) is 4.75. The van der Waals surface area contributed by atoms with Gasteiger partial charge < -0.3 is 20.2 Å². The van der Waals surface area contributed by atoms with Crippen LogP contribution in [0.4, 0.5) is 49.6 Å². The summed E-state index contributed by atoms with van der Waals surface area (Å²) in [5.41, 5.74) is -0.303. The molecule has 206 valence electrons. The molecule has 0 aliphatic carbocycles. The highest BCUT2D eigenvalue weighted by Crippen LogP contribution is 2.37. The predicted octanol–water partition coefficient (Wildman–Crippen LogP) is 5.65. The Bertz CT molecular complexity index is 1360. The van der Waals surface area contributed by atoms with Gasteiger partial charge >= 0.3 is 12.4 Å². The Balaban J connectivity index is 1.53. The third-order valence-electron chi connectivity index (χ3n) is 6.71. The van der Waals surface area contributed by atoms with Crippen molar-refractivity contribution in [3.63, 3.8) is 0 Å². The van der Waals surface area contributed by atoms with Crippen molar-refractivity contribution in [1.82, 2.24) is 15.0 Å². The maximum atomic E-state index is 13.7. The number of hydrogen-bond donors (Lipinski definition) is 2. The summed E-state index contributed by atoms with van der Waals surface area (Å²) in [5, 5.41) is 12.9. The maximum absolute atomic E-state index is 13.7. The summed E-state index contributed by atoms with van der Waals surface area (Å²) < 4.78 is 80.1. The number of alkyl halides is 6. The molecule has 39 heavy (non-hydrogen) atoms. The van der Waals surface area contributed by atoms with Crippen LogP contribution in [0.25, 0.3) is 6.08 Å². The second-order valence-electron chi connectivity index (χ2n) is 9.24. The van der Waals surface area contributed by atoms with Crippen molar-refractivity contribution < 1.29 is 31.4 Å². The molecule has 7 nitrogen and oxygen atoms in total. The van der Waals surface area contributed by atoms with Gasteiger partial charge in [-0.3, -0.25) is 0 Å². The first kappa shape index (κ1) is 26.7. The molecule has 2 aliphatic rings. The molecule has 0 saturated carbocycles. The zero-order valence-corrected chi connectivity index (χ0v) is 20.5. The first-order valence-corrected chi connectivity index (χ1v) is 12.2. The number of nitrogens with one attached hydrogen (secondary N) is 1. The smallest absolute Gasteiger partial charge is 0.394 e. The predicted molar refractivity (Wildman–Crippen MR) is 134 cm³/mol. The zero-order chi connectivity index (χ0) is 27.8. The lowest BCUT2D eigenvalue weighted by Gasteiger charge is -2.25. The SMILES string of the molecule is OCC1CCCN1c1nc2c(c(Nc3ccc(C(F)(F)F)cc3)n1)C=CN(c1ncccc1C(F)(F)F)CC2.